The normalized spacial score (nSPS) is 13.1. The maximum absolute atomic E-state index is 6.72. The molecule has 1 spiro atoms. The summed E-state index contributed by atoms with van der Waals surface area (Å²) in [6, 6.07) is 81.0. The van der Waals surface area contributed by atoms with Gasteiger partial charge in [-0.15, -0.1) is 0 Å². The smallest absolute Gasteiger partial charge is 0.143 e. The van der Waals surface area contributed by atoms with Gasteiger partial charge >= 0.3 is 0 Å². The van der Waals surface area contributed by atoms with Gasteiger partial charge in [0.15, 0.2) is 0 Å². The number of rotatable bonds is 5. The summed E-state index contributed by atoms with van der Waals surface area (Å²) in [5, 5.41) is 4.70. The van der Waals surface area contributed by atoms with Crippen molar-refractivity contribution in [2.75, 3.05) is 4.90 Å². The molecule has 3 nitrogen and oxygen atoms in total. The number of furan rings is 1. The van der Waals surface area contributed by atoms with Crippen LogP contribution in [0.5, 0.6) is 11.5 Å². The summed E-state index contributed by atoms with van der Waals surface area (Å²) in [5.41, 5.74) is 16.2. The summed E-state index contributed by atoms with van der Waals surface area (Å²) < 4.78 is 13.2. The van der Waals surface area contributed by atoms with Gasteiger partial charge in [0.25, 0.3) is 0 Å². The van der Waals surface area contributed by atoms with E-state index in [2.05, 4.69) is 217 Å². The third-order valence-electron chi connectivity index (χ3n) is 13.1. The molecular formula is C59H37NO2. The number of para-hydroxylation sites is 4. The molecule has 2 aliphatic rings. The van der Waals surface area contributed by atoms with Crippen molar-refractivity contribution >= 4 is 49.8 Å². The Labute approximate surface area is 359 Å². The van der Waals surface area contributed by atoms with Crippen LogP contribution in [0.2, 0.25) is 0 Å². The maximum atomic E-state index is 6.72. The van der Waals surface area contributed by atoms with E-state index < -0.39 is 5.41 Å². The van der Waals surface area contributed by atoms with Crippen LogP contribution in [0.25, 0.3) is 66.1 Å². The van der Waals surface area contributed by atoms with Crippen LogP contribution in [-0.4, -0.2) is 0 Å². The predicted molar refractivity (Wildman–Crippen MR) is 254 cm³/mol. The lowest BCUT2D eigenvalue weighted by molar-refractivity contribution is 0.436. The largest absolute Gasteiger partial charge is 0.457 e. The van der Waals surface area contributed by atoms with Crippen molar-refractivity contribution in [2.45, 2.75) is 5.41 Å². The van der Waals surface area contributed by atoms with Crippen molar-refractivity contribution in [1.29, 1.82) is 0 Å². The van der Waals surface area contributed by atoms with Crippen LogP contribution in [0.3, 0.4) is 0 Å². The molecule has 0 saturated heterocycles. The molecular weight excluding hydrogens is 755 g/mol. The number of hydrogen-bond acceptors (Lipinski definition) is 3. The zero-order valence-corrected chi connectivity index (χ0v) is 33.6. The fourth-order valence-corrected chi connectivity index (χ4v) is 10.4. The van der Waals surface area contributed by atoms with Crippen molar-refractivity contribution in [1.82, 2.24) is 0 Å². The Morgan fingerprint density at radius 1 is 0.339 bits per heavy atom. The highest BCUT2D eigenvalue weighted by Crippen LogP contribution is 2.63. The quantitative estimate of drug-likeness (QED) is 0.174. The van der Waals surface area contributed by atoms with E-state index in [1.807, 2.05) is 12.1 Å². The van der Waals surface area contributed by atoms with Gasteiger partial charge in [-0.3, -0.25) is 0 Å². The third kappa shape index (κ3) is 5.06. The summed E-state index contributed by atoms with van der Waals surface area (Å²) in [7, 11) is 0. The van der Waals surface area contributed by atoms with Crippen LogP contribution in [-0.2, 0) is 5.41 Å². The van der Waals surface area contributed by atoms with E-state index in [-0.39, 0.29) is 0 Å². The second-order valence-corrected chi connectivity index (χ2v) is 16.4. The van der Waals surface area contributed by atoms with Gasteiger partial charge in [-0.1, -0.05) is 158 Å². The molecule has 0 saturated carbocycles. The molecule has 0 N–H and O–H groups in total. The van der Waals surface area contributed by atoms with Gasteiger partial charge in [-0.25, -0.2) is 0 Å². The molecule has 11 aromatic rings. The van der Waals surface area contributed by atoms with Crippen LogP contribution in [0.15, 0.2) is 229 Å². The van der Waals surface area contributed by atoms with Crippen molar-refractivity contribution in [3.05, 3.63) is 247 Å². The molecule has 1 aliphatic carbocycles. The molecule has 0 atom stereocenters. The van der Waals surface area contributed by atoms with E-state index in [1.54, 1.807) is 0 Å². The average Bonchev–Trinajstić information content (AvgIpc) is 3.85. The van der Waals surface area contributed by atoms with Crippen molar-refractivity contribution < 1.29 is 9.15 Å². The lowest BCUT2D eigenvalue weighted by atomic mass is 9.66. The van der Waals surface area contributed by atoms with Gasteiger partial charge in [-0.2, -0.15) is 0 Å². The van der Waals surface area contributed by atoms with Gasteiger partial charge in [-0.05, 0) is 116 Å². The monoisotopic (exact) mass is 791 g/mol. The first-order valence-corrected chi connectivity index (χ1v) is 21.2. The van der Waals surface area contributed by atoms with E-state index in [1.165, 1.54) is 44.2 Å². The number of benzene rings is 10. The van der Waals surface area contributed by atoms with E-state index in [9.17, 15) is 0 Å². The van der Waals surface area contributed by atoms with Crippen molar-refractivity contribution in [3.8, 4) is 44.9 Å². The van der Waals surface area contributed by atoms with Crippen LogP contribution in [0.1, 0.15) is 22.3 Å². The van der Waals surface area contributed by atoms with Gasteiger partial charge in [0.1, 0.15) is 22.7 Å². The SMILES string of the molecule is c1ccc(-c2ccc(N(c3ccc(-c4cccc5c4oc4ccccc45)cc3)c3ccc4c(c3)C3(c5ccccc5Oc5ccccc53)c3cc5ccccc5cc3-4)cc2)cc1. The molecule has 2 heterocycles. The topological polar surface area (TPSA) is 25.6 Å². The lowest BCUT2D eigenvalue weighted by Gasteiger charge is -2.39. The van der Waals surface area contributed by atoms with E-state index in [0.717, 1.165) is 72.8 Å². The second kappa shape index (κ2) is 13.4. The molecule has 0 fully saturated rings. The Morgan fingerprint density at radius 2 is 0.903 bits per heavy atom. The Balaban J connectivity index is 1.03. The number of ether oxygens (including phenoxy) is 1. The molecule has 0 amide bonds. The van der Waals surface area contributed by atoms with Gasteiger partial charge < -0.3 is 14.1 Å². The number of fused-ring (bicyclic) bond motifs is 13. The minimum Gasteiger partial charge on any atom is -0.457 e. The Bertz CT molecular complexity index is 3500. The zero-order chi connectivity index (χ0) is 40.8. The van der Waals surface area contributed by atoms with E-state index in [0.29, 0.717) is 0 Å². The van der Waals surface area contributed by atoms with Gasteiger partial charge in [0, 0.05) is 44.5 Å². The molecule has 3 heteroatoms. The van der Waals surface area contributed by atoms with Crippen LogP contribution >= 0.6 is 0 Å². The molecule has 0 bridgehead atoms. The van der Waals surface area contributed by atoms with Crippen molar-refractivity contribution in [2.24, 2.45) is 0 Å². The first kappa shape index (κ1) is 34.7. The third-order valence-corrected chi connectivity index (χ3v) is 13.1. The molecule has 290 valence electrons. The van der Waals surface area contributed by atoms with Crippen LogP contribution < -0.4 is 9.64 Å². The summed E-state index contributed by atoms with van der Waals surface area (Å²) in [6.45, 7) is 0. The minimum absolute atomic E-state index is 0.617. The summed E-state index contributed by atoms with van der Waals surface area (Å²) in [4.78, 5) is 2.39. The lowest BCUT2D eigenvalue weighted by Crippen LogP contribution is -2.32. The maximum Gasteiger partial charge on any atom is 0.143 e. The van der Waals surface area contributed by atoms with Gasteiger partial charge in [0.05, 0.1) is 5.41 Å². The first-order chi connectivity index (χ1) is 30.7. The minimum atomic E-state index is -0.617. The highest BCUT2D eigenvalue weighted by molar-refractivity contribution is 6.09. The summed E-state index contributed by atoms with van der Waals surface area (Å²) in [5.74, 6) is 1.76. The molecule has 0 unspecified atom stereocenters. The second-order valence-electron chi connectivity index (χ2n) is 16.4. The molecule has 1 aromatic heterocycles. The highest BCUT2D eigenvalue weighted by Gasteiger charge is 2.51. The zero-order valence-electron chi connectivity index (χ0n) is 33.6. The molecule has 13 rings (SSSR count). The molecule has 1 aliphatic heterocycles. The van der Waals surface area contributed by atoms with E-state index >= 15 is 0 Å². The van der Waals surface area contributed by atoms with Crippen molar-refractivity contribution in [3.63, 3.8) is 0 Å². The summed E-state index contributed by atoms with van der Waals surface area (Å²) in [6.07, 6.45) is 0. The Hall–Kier alpha value is -8.14. The number of anilines is 3. The number of hydrogen-bond donors (Lipinski definition) is 0. The number of nitrogens with zero attached hydrogens (tertiary/aromatic N) is 1. The standard InChI is InChI=1S/C59H37NO2/c1-2-13-38(14-3-1)39-25-29-43(30-26-39)60(44-31-27-40(28-32-44)46-18-12-19-49-48-17-6-9-22-55(48)62-58(46)49)45-33-34-47-50-35-41-15-4-5-16-42(41)36-53(50)59(54(47)37-45)51-20-7-10-23-56(51)61-57-24-11-8-21-52(57)59/h1-37H. The first-order valence-electron chi connectivity index (χ1n) is 21.2. The molecule has 62 heavy (non-hydrogen) atoms. The van der Waals surface area contributed by atoms with Crippen LogP contribution in [0, 0.1) is 0 Å². The fourth-order valence-electron chi connectivity index (χ4n) is 10.4. The van der Waals surface area contributed by atoms with Gasteiger partial charge in [0.2, 0.25) is 0 Å². The predicted octanol–water partition coefficient (Wildman–Crippen LogP) is 16.0. The Morgan fingerprint density at radius 3 is 1.65 bits per heavy atom. The Kier molecular flexibility index (Phi) is 7.52. The highest BCUT2D eigenvalue weighted by atomic mass is 16.5. The molecule has 10 aromatic carbocycles. The fraction of sp³-hybridized carbons (Fsp3) is 0.0169. The summed E-state index contributed by atoms with van der Waals surface area (Å²) >= 11 is 0. The molecule has 0 radical (unpaired) electrons. The van der Waals surface area contributed by atoms with Crippen LogP contribution in [0.4, 0.5) is 17.1 Å². The average molecular weight is 792 g/mol. The van der Waals surface area contributed by atoms with E-state index in [4.69, 9.17) is 9.15 Å².